The minimum atomic E-state index is -1.39. The summed E-state index contributed by atoms with van der Waals surface area (Å²) in [6.45, 7) is 0.216. The van der Waals surface area contributed by atoms with E-state index < -0.39 is 12.1 Å². The van der Waals surface area contributed by atoms with Crippen molar-refractivity contribution >= 4 is 23.6 Å². The van der Waals surface area contributed by atoms with Crippen LogP contribution < -0.4 is 5.32 Å². The van der Waals surface area contributed by atoms with E-state index >= 15 is 0 Å². The van der Waals surface area contributed by atoms with Gasteiger partial charge in [0.15, 0.2) is 6.10 Å². The van der Waals surface area contributed by atoms with Crippen molar-refractivity contribution in [1.82, 2.24) is 5.32 Å². The third kappa shape index (κ3) is 4.09. The van der Waals surface area contributed by atoms with Crippen LogP contribution >= 0.6 is 11.8 Å². The van der Waals surface area contributed by atoms with Crippen molar-refractivity contribution in [3.63, 3.8) is 0 Å². The zero-order chi connectivity index (χ0) is 11.3. The number of aliphatic hydroxyl groups excluding tert-OH is 1. The molecule has 15 heavy (non-hydrogen) atoms. The fourth-order valence-electron chi connectivity index (χ4n) is 1.34. The van der Waals surface area contributed by atoms with E-state index in [4.69, 9.17) is 10.2 Å². The quantitative estimate of drug-likeness (QED) is 0.606. The van der Waals surface area contributed by atoms with Crippen LogP contribution in [0.1, 0.15) is 12.8 Å². The first-order valence-electron chi connectivity index (χ1n) is 4.87. The normalized spacial score (nSPS) is 22.3. The number of carbonyl (C=O) groups is 2. The topological polar surface area (TPSA) is 86.6 Å². The molecule has 0 saturated carbocycles. The second-order valence-corrected chi connectivity index (χ2v) is 4.64. The van der Waals surface area contributed by atoms with E-state index in [0.29, 0.717) is 0 Å². The van der Waals surface area contributed by atoms with Gasteiger partial charge >= 0.3 is 5.97 Å². The summed E-state index contributed by atoms with van der Waals surface area (Å²) in [6.07, 6.45) is -0.443. The molecule has 3 N–H and O–H groups in total. The lowest BCUT2D eigenvalue weighted by Gasteiger charge is -2.10. The highest BCUT2D eigenvalue weighted by atomic mass is 32.2. The van der Waals surface area contributed by atoms with E-state index in [1.54, 1.807) is 11.8 Å². The number of thioether (sulfide) groups is 1. The summed E-state index contributed by atoms with van der Waals surface area (Å²) < 4.78 is 0. The van der Waals surface area contributed by atoms with Gasteiger partial charge in [-0.2, -0.15) is 11.8 Å². The first-order valence-corrected chi connectivity index (χ1v) is 6.03. The van der Waals surface area contributed by atoms with Crippen molar-refractivity contribution in [2.75, 3.05) is 18.1 Å². The Kier molecular flexibility index (Phi) is 4.90. The Morgan fingerprint density at radius 3 is 2.80 bits per heavy atom. The molecule has 1 aliphatic heterocycles. The Labute approximate surface area is 92.2 Å². The number of carboxylic acids is 1. The van der Waals surface area contributed by atoms with Crippen molar-refractivity contribution in [3.8, 4) is 0 Å². The standard InChI is InChI=1S/C9H15NO4S/c11-7(9(13)14)1-3-10-8(12)6-2-4-15-5-6/h6-7,11H,1-5H2,(H,10,12)(H,13,14)/t6?,7-/m0/s1. The lowest BCUT2D eigenvalue weighted by atomic mass is 10.1. The number of hydrogen-bond donors (Lipinski definition) is 3. The number of carboxylic acid groups (broad SMARTS) is 1. The van der Waals surface area contributed by atoms with Crippen LogP contribution in [-0.2, 0) is 9.59 Å². The molecule has 0 radical (unpaired) electrons. The molecule has 1 amide bonds. The van der Waals surface area contributed by atoms with Gasteiger partial charge in [0.05, 0.1) is 0 Å². The molecule has 1 heterocycles. The van der Waals surface area contributed by atoms with Gasteiger partial charge in [0.25, 0.3) is 0 Å². The highest BCUT2D eigenvalue weighted by molar-refractivity contribution is 7.99. The van der Waals surface area contributed by atoms with Gasteiger partial charge in [-0.1, -0.05) is 0 Å². The molecule has 1 saturated heterocycles. The van der Waals surface area contributed by atoms with E-state index in [0.717, 1.165) is 17.9 Å². The zero-order valence-electron chi connectivity index (χ0n) is 8.31. The molecule has 0 bridgehead atoms. The Hall–Kier alpha value is -0.750. The van der Waals surface area contributed by atoms with Crippen LogP contribution in [0.25, 0.3) is 0 Å². The van der Waals surface area contributed by atoms with Gasteiger partial charge in [0.1, 0.15) is 0 Å². The van der Waals surface area contributed by atoms with Gasteiger partial charge in [-0.05, 0) is 12.2 Å². The number of carbonyl (C=O) groups excluding carboxylic acids is 1. The number of aliphatic carboxylic acids is 1. The first kappa shape index (κ1) is 12.3. The second kappa shape index (κ2) is 5.97. The highest BCUT2D eigenvalue weighted by Crippen LogP contribution is 2.23. The zero-order valence-corrected chi connectivity index (χ0v) is 9.13. The van der Waals surface area contributed by atoms with Gasteiger partial charge < -0.3 is 15.5 Å². The SMILES string of the molecule is O=C(NCC[C@H](O)C(=O)O)C1CCSC1. The minimum Gasteiger partial charge on any atom is -0.479 e. The lowest BCUT2D eigenvalue weighted by molar-refractivity contribution is -0.147. The molecule has 0 aromatic rings. The predicted molar refractivity (Wildman–Crippen MR) is 56.7 cm³/mol. The fourth-order valence-corrected chi connectivity index (χ4v) is 2.56. The number of amides is 1. The van der Waals surface area contributed by atoms with Gasteiger partial charge in [0, 0.05) is 24.6 Å². The van der Waals surface area contributed by atoms with Crippen molar-refractivity contribution in [3.05, 3.63) is 0 Å². The average molecular weight is 233 g/mol. The summed E-state index contributed by atoms with van der Waals surface area (Å²) >= 11 is 1.75. The molecule has 2 atom stereocenters. The summed E-state index contributed by atoms with van der Waals surface area (Å²) in [5.74, 6) is 0.624. The van der Waals surface area contributed by atoms with Crippen LogP contribution in [0, 0.1) is 5.92 Å². The van der Waals surface area contributed by atoms with E-state index in [9.17, 15) is 9.59 Å². The molecule has 1 aliphatic rings. The maximum atomic E-state index is 11.4. The summed E-state index contributed by atoms with van der Waals surface area (Å²) in [5.41, 5.74) is 0. The van der Waals surface area contributed by atoms with E-state index in [-0.39, 0.29) is 24.8 Å². The van der Waals surface area contributed by atoms with Crippen molar-refractivity contribution < 1.29 is 19.8 Å². The van der Waals surface area contributed by atoms with Crippen LogP contribution in [0.15, 0.2) is 0 Å². The van der Waals surface area contributed by atoms with E-state index in [1.165, 1.54) is 0 Å². The van der Waals surface area contributed by atoms with Crippen molar-refractivity contribution in [1.29, 1.82) is 0 Å². The molecule has 1 fully saturated rings. The largest absolute Gasteiger partial charge is 0.479 e. The summed E-state index contributed by atoms with van der Waals surface area (Å²) in [7, 11) is 0. The van der Waals surface area contributed by atoms with Gasteiger partial charge in [-0.25, -0.2) is 4.79 Å². The van der Waals surface area contributed by atoms with Crippen LogP contribution in [0.3, 0.4) is 0 Å². The molecular weight excluding hydrogens is 218 g/mol. The van der Waals surface area contributed by atoms with E-state index in [2.05, 4.69) is 5.32 Å². The van der Waals surface area contributed by atoms with Crippen LogP contribution in [0.5, 0.6) is 0 Å². The second-order valence-electron chi connectivity index (χ2n) is 3.49. The van der Waals surface area contributed by atoms with Crippen LogP contribution in [0.4, 0.5) is 0 Å². The molecule has 1 rings (SSSR count). The highest BCUT2D eigenvalue weighted by Gasteiger charge is 2.23. The third-order valence-corrected chi connectivity index (χ3v) is 3.46. The molecule has 86 valence electrons. The molecule has 6 heteroatoms. The number of rotatable bonds is 5. The molecule has 0 aromatic carbocycles. The van der Waals surface area contributed by atoms with E-state index in [1.807, 2.05) is 0 Å². The average Bonchev–Trinajstić information content (AvgIpc) is 2.70. The first-order chi connectivity index (χ1) is 7.11. The van der Waals surface area contributed by atoms with Crippen LogP contribution in [-0.4, -0.2) is 46.2 Å². The summed E-state index contributed by atoms with van der Waals surface area (Å²) in [6, 6.07) is 0. The third-order valence-electron chi connectivity index (χ3n) is 2.30. The maximum Gasteiger partial charge on any atom is 0.332 e. The Morgan fingerprint density at radius 1 is 1.53 bits per heavy atom. The van der Waals surface area contributed by atoms with Crippen molar-refractivity contribution in [2.24, 2.45) is 5.92 Å². The van der Waals surface area contributed by atoms with Gasteiger partial charge in [0.2, 0.25) is 5.91 Å². The van der Waals surface area contributed by atoms with Crippen LogP contribution in [0.2, 0.25) is 0 Å². The molecular formula is C9H15NO4S. The maximum absolute atomic E-state index is 11.4. The Balaban J connectivity index is 2.14. The van der Waals surface area contributed by atoms with Crippen molar-refractivity contribution in [2.45, 2.75) is 18.9 Å². The molecule has 0 aromatic heterocycles. The number of nitrogens with one attached hydrogen (secondary N) is 1. The fraction of sp³-hybridized carbons (Fsp3) is 0.778. The molecule has 0 aliphatic carbocycles. The van der Waals surface area contributed by atoms with Gasteiger partial charge in [-0.15, -0.1) is 0 Å². The predicted octanol–water partition coefficient (Wildman–Crippen LogP) is -0.309. The Morgan fingerprint density at radius 2 is 2.27 bits per heavy atom. The molecule has 5 nitrogen and oxygen atoms in total. The number of hydrogen-bond acceptors (Lipinski definition) is 4. The smallest absolute Gasteiger partial charge is 0.332 e. The summed E-state index contributed by atoms with van der Waals surface area (Å²) in [5, 5.41) is 20.0. The molecule has 0 spiro atoms. The minimum absolute atomic E-state index is 0.0300. The summed E-state index contributed by atoms with van der Waals surface area (Å²) in [4.78, 5) is 21.7. The molecule has 1 unspecified atom stereocenters. The monoisotopic (exact) mass is 233 g/mol. The number of aliphatic hydroxyl groups is 1. The lowest BCUT2D eigenvalue weighted by Crippen LogP contribution is -2.34. The van der Waals surface area contributed by atoms with Gasteiger partial charge in [-0.3, -0.25) is 4.79 Å². The Bertz CT molecular complexity index is 240.